The summed E-state index contributed by atoms with van der Waals surface area (Å²) >= 11 is 0. The van der Waals surface area contributed by atoms with E-state index >= 15 is 0 Å². The lowest BCUT2D eigenvalue weighted by molar-refractivity contribution is 0.188. The number of rotatable bonds is 4. The molecular formula is C11H16N4O. The second-order valence-corrected chi connectivity index (χ2v) is 4.01. The summed E-state index contributed by atoms with van der Waals surface area (Å²) in [6.07, 6.45) is 1.96. The maximum absolute atomic E-state index is 9.18. The van der Waals surface area contributed by atoms with Gasteiger partial charge in [0.25, 0.3) is 0 Å². The van der Waals surface area contributed by atoms with E-state index in [1.165, 1.54) is 6.33 Å². The van der Waals surface area contributed by atoms with Crippen molar-refractivity contribution in [3.05, 3.63) is 24.0 Å². The van der Waals surface area contributed by atoms with Gasteiger partial charge in [-0.25, -0.2) is 4.98 Å². The minimum absolute atomic E-state index is 0.288. The van der Waals surface area contributed by atoms with Gasteiger partial charge < -0.3 is 10.4 Å². The van der Waals surface area contributed by atoms with Crippen LogP contribution in [0.1, 0.15) is 18.9 Å². The van der Waals surface area contributed by atoms with Crippen molar-refractivity contribution in [2.24, 2.45) is 0 Å². The van der Waals surface area contributed by atoms with Crippen molar-refractivity contribution in [2.45, 2.75) is 26.4 Å². The van der Waals surface area contributed by atoms with Gasteiger partial charge in [0, 0.05) is 6.54 Å². The molecule has 0 spiro atoms. The largest absolute Gasteiger partial charge is 0.393 e. The Bertz CT molecular complexity index is 478. The molecule has 0 fully saturated rings. The second-order valence-electron chi connectivity index (χ2n) is 4.01. The molecule has 0 bridgehead atoms. The Morgan fingerprint density at radius 3 is 3.06 bits per heavy atom. The Balaban J connectivity index is 2.19. The maximum Gasteiger partial charge on any atom is 0.157 e. The average Bonchev–Trinajstić information content (AvgIpc) is 2.64. The third kappa shape index (κ3) is 2.30. The SMILES string of the molecule is Cc1cc(NCCC(C)O)n2ncnc2c1. The fourth-order valence-corrected chi connectivity index (χ4v) is 1.59. The predicted octanol–water partition coefficient (Wildman–Crippen LogP) is 1.22. The van der Waals surface area contributed by atoms with Crippen molar-refractivity contribution in [1.29, 1.82) is 0 Å². The normalized spacial score (nSPS) is 12.9. The van der Waals surface area contributed by atoms with Crippen LogP contribution in [-0.4, -0.2) is 32.4 Å². The molecule has 0 aliphatic carbocycles. The molecule has 0 aliphatic rings. The first-order valence-electron chi connectivity index (χ1n) is 5.39. The summed E-state index contributed by atoms with van der Waals surface area (Å²) in [5.41, 5.74) is 1.97. The number of aryl methyl sites for hydroxylation is 1. The lowest BCUT2D eigenvalue weighted by Gasteiger charge is -2.09. The van der Waals surface area contributed by atoms with E-state index in [1.54, 1.807) is 11.4 Å². The molecule has 1 atom stereocenters. The van der Waals surface area contributed by atoms with Crippen molar-refractivity contribution in [3.63, 3.8) is 0 Å². The van der Waals surface area contributed by atoms with Gasteiger partial charge in [-0.15, -0.1) is 0 Å². The fourth-order valence-electron chi connectivity index (χ4n) is 1.59. The van der Waals surface area contributed by atoms with Gasteiger partial charge in [-0.1, -0.05) is 0 Å². The number of aliphatic hydroxyl groups excluding tert-OH is 1. The molecule has 5 heteroatoms. The van der Waals surface area contributed by atoms with Crippen LogP contribution in [0.15, 0.2) is 18.5 Å². The van der Waals surface area contributed by atoms with E-state index < -0.39 is 0 Å². The molecule has 86 valence electrons. The molecule has 2 N–H and O–H groups in total. The zero-order chi connectivity index (χ0) is 11.5. The van der Waals surface area contributed by atoms with E-state index in [4.69, 9.17) is 0 Å². The maximum atomic E-state index is 9.18. The molecule has 2 aromatic heterocycles. The van der Waals surface area contributed by atoms with E-state index in [9.17, 15) is 5.11 Å². The number of aliphatic hydroxyl groups is 1. The third-order valence-electron chi connectivity index (χ3n) is 2.39. The molecule has 0 saturated heterocycles. The van der Waals surface area contributed by atoms with Gasteiger partial charge in [-0.2, -0.15) is 9.61 Å². The van der Waals surface area contributed by atoms with E-state index in [-0.39, 0.29) is 6.10 Å². The van der Waals surface area contributed by atoms with Gasteiger partial charge in [0.05, 0.1) is 6.10 Å². The van der Waals surface area contributed by atoms with Gasteiger partial charge in [0.15, 0.2) is 5.65 Å². The van der Waals surface area contributed by atoms with E-state index in [0.29, 0.717) is 6.42 Å². The molecule has 0 amide bonds. The molecular weight excluding hydrogens is 204 g/mol. The molecule has 5 nitrogen and oxygen atoms in total. The summed E-state index contributed by atoms with van der Waals surface area (Å²) in [6.45, 7) is 4.52. The Kier molecular flexibility index (Phi) is 3.05. The summed E-state index contributed by atoms with van der Waals surface area (Å²) in [7, 11) is 0. The number of pyridine rings is 1. The highest BCUT2D eigenvalue weighted by Gasteiger charge is 2.03. The number of nitrogens with zero attached hydrogens (tertiary/aromatic N) is 3. The quantitative estimate of drug-likeness (QED) is 0.813. The van der Waals surface area contributed by atoms with Crippen molar-refractivity contribution in [2.75, 3.05) is 11.9 Å². The van der Waals surface area contributed by atoms with Crippen LogP contribution in [0.5, 0.6) is 0 Å². The number of fused-ring (bicyclic) bond motifs is 1. The molecule has 0 saturated carbocycles. The number of hydrogen-bond acceptors (Lipinski definition) is 4. The Morgan fingerprint density at radius 1 is 1.50 bits per heavy atom. The smallest absolute Gasteiger partial charge is 0.157 e. The van der Waals surface area contributed by atoms with Crippen LogP contribution in [0.4, 0.5) is 5.82 Å². The second kappa shape index (κ2) is 4.49. The lowest BCUT2D eigenvalue weighted by Crippen LogP contribution is -2.12. The first-order valence-corrected chi connectivity index (χ1v) is 5.39. The summed E-state index contributed by atoms with van der Waals surface area (Å²) in [5, 5.41) is 16.6. The Labute approximate surface area is 94.1 Å². The molecule has 0 aromatic carbocycles. The van der Waals surface area contributed by atoms with Crippen LogP contribution in [0, 0.1) is 6.92 Å². The van der Waals surface area contributed by atoms with Crippen molar-refractivity contribution in [1.82, 2.24) is 14.6 Å². The first-order chi connectivity index (χ1) is 7.66. The van der Waals surface area contributed by atoms with E-state index in [1.807, 2.05) is 19.1 Å². The van der Waals surface area contributed by atoms with Crippen LogP contribution in [-0.2, 0) is 0 Å². The lowest BCUT2D eigenvalue weighted by atomic mass is 10.2. The number of nitrogens with one attached hydrogen (secondary N) is 1. The molecule has 16 heavy (non-hydrogen) atoms. The Hall–Kier alpha value is -1.62. The zero-order valence-corrected chi connectivity index (χ0v) is 9.51. The predicted molar refractivity (Wildman–Crippen MR) is 62.5 cm³/mol. The number of anilines is 1. The Morgan fingerprint density at radius 2 is 2.31 bits per heavy atom. The summed E-state index contributed by atoms with van der Waals surface area (Å²) in [6, 6.07) is 4.00. The number of aromatic nitrogens is 3. The zero-order valence-electron chi connectivity index (χ0n) is 9.51. The minimum Gasteiger partial charge on any atom is -0.393 e. The van der Waals surface area contributed by atoms with Gasteiger partial charge in [0.1, 0.15) is 12.1 Å². The van der Waals surface area contributed by atoms with Gasteiger partial charge in [0.2, 0.25) is 0 Å². The summed E-state index contributed by atoms with van der Waals surface area (Å²) in [4.78, 5) is 4.15. The average molecular weight is 220 g/mol. The highest BCUT2D eigenvalue weighted by Crippen LogP contribution is 2.13. The van der Waals surface area contributed by atoms with Gasteiger partial charge in [-0.3, -0.25) is 0 Å². The van der Waals surface area contributed by atoms with Crippen LogP contribution in [0.3, 0.4) is 0 Å². The van der Waals surface area contributed by atoms with Crippen molar-refractivity contribution < 1.29 is 5.11 Å². The topological polar surface area (TPSA) is 62.5 Å². The van der Waals surface area contributed by atoms with E-state index in [2.05, 4.69) is 15.4 Å². The van der Waals surface area contributed by atoms with Crippen LogP contribution in [0.2, 0.25) is 0 Å². The van der Waals surface area contributed by atoms with Crippen LogP contribution in [0.25, 0.3) is 5.65 Å². The third-order valence-corrected chi connectivity index (χ3v) is 2.39. The fraction of sp³-hybridized carbons (Fsp3) is 0.455. The first kappa shape index (κ1) is 10.9. The minimum atomic E-state index is -0.288. The molecule has 2 rings (SSSR count). The van der Waals surface area contributed by atoms with Gasteiger partial charge >= 0.3 is 0 Å². The molecule has 1 unspecified atom stereocenters. The monoisotopic (exact) mass is 220 g/mol. The molecule has 2 heterocycles. The highest BCUT2D eigenvalue weighted by molar-refractivity contribution is 5.51. The number of hydrogen-bond donors (Lipinski definition) is 2. The van der Waals surface area contributed by atoms with E-state index in [0.717, 1.165) is 23.6 Å². The summed E-state index contributed by atoms with van der Waals surface area (Å²) in [5.74, 6) is 0.910. The van der Waals surface area contributed by atoms with Crippen molar-refractivity contribution >= 4 is 11.5 Å². The molecule has 0 radical (unpaired) electrons. The summed E-state index contributed by atoms with van der Waals surface area (Å²) < 4.78 is 1.76. The van der Waals surface area contributed by atoms with Crippen molar-refractivity contribution in [3.8, 4) is 0 Å². The standard InChI is InChI=1S/C11H16N4O/c1-8-5-10(12-4-3-9(2)16)15-11(6-8)13-7-14-15/h5-7,9,12,16H,3-4H2,1-2H3. The highest BCUT2D eigenvalue weighted by atomic mass is 16.3. The van der Waals surface area contributed by atoms with Crippen LogP contribution >= 0.6 is 0 Å². The van der Waals surface area contributed by atoms with Crippen LogP contribution < -0.4 is 5.32 Å². The van der Waals surface area contributed by atoms with Gasteiger partial charge in [-0.05, 0) is 38.0 Å². The molecule has 0 aliphatic heterocycles. The molecule has 2 aromatic rings.